The van der Waals surface area contributed by atoms with Crippen molar-refractivity contribution in [3.8, 4) is 11.5 Å². The topological polar surface area (TPSA) is 76.2 Å². The third kappa shape index (κ3) is 4.06. The molecule has 144 valence electrons. The van der Waals surface area contributed by atoms with Gasteiger partial charge in [-0.1, -0.05) is 6.92 Å². The molecule has 0 unspecified atom stereocenters. The van der Waals surface area contributed by atoms with Gasteiger partial charge in [0.05, 0.1) is 11.4 Å². The van der Waals surface area contributed by atoms with Gasteiger partial charge in [-0.25, -0.2) is 8.42 Å². The Morgan fingerprint density at radius 1 is 1.27 bits per heavy atom. The number of fused-ring (bicyclic) bond motifs is 1. The highest BCUT2D eigenvalue weighted by Crippen LogP contribution is 2.35. The fourth-order valence-electron chi connectivity index (χ4n) is 3.33. The van der Waals surface area contributed by atoms with Crippen LogP contribution in [0, 0.1) is 5.92 Å². The number of amides is 1. The predicted molar refractivity (Wildman–Crippen MR) is 99.2 cm³/mol. The summed E-state index contributed by atoms with van der Waals surface area (Å²) in [6.07, 6.45) is 2.06. The van der Waals surface area contributed by atoms with Crippen LogP contribution in [0.3, 0.4) is 0 Å². The van der Waals surface area contributed by atoms with Crippen LogP contribution in [0.4, 0.5) is 5.69 Å². The molecule has 2 aliphatic rings. The molecule has 0 radical (unpaired) electrons. The van der Waals surface area contributed by atoms with Crippen molar-refractivity contribution in [2.45, 2.75) is 26.7 Å². The number of anilines is 1. The Labute approximate surface area is 154 Å². The molecule has 0 bridgehead atoms. The minimum atomic E-state index is -3.60. The standard InChI is InChI=1S/C18H26N2O5S/c1-3-26(22,23)20(13-18(21)19-8-4-5-14(2)12-19)15-6-7-16-17(11-15)25-10-9-24-16/h6-7,11,14H,3-5,8-10,12-13H2,1-2H3/t14-/m0/s1. The van der Waals surface area contributed by atoms with Crippen LogP contribution in [0.1, 0.15) is 26.7 Å². The number of piperidine rings is 1. The van der Waals surface area contributed by atoms with E-state index < -0.39 is 10.0 Å². The van der Waals surface area contributed by atoms with E-state index >= 15 is 0 Å². The molecule has 1 saturated heterocycles. The quantitative estimate of drug-likeness (QED) is 0.777. The number of sulfonamides is 1. The summed E-state index contributed by atoms with van der Waals surface area (Å²) in [7, 11) is -3.60. The van der Waals surface area contributed by atoms with Gasteiger partial charge in [-0.3, -0.25) is 9.10 Å². The Hall–Kier alpha value is -1.96. The van der Waals surface area contributed by atoms with Gasteiger partial charge in [0, 0.05) is 19.2 Å². The lowest BCUT2D eigenvalue weighted by Crippen LogP contribution is -2.46. The fraction of sp³-hybridized carbons (Fsp3) is 0.611. The second-order valence-corrected chi connectivity index (χ2v) is 9.00. The number of likely N-dealkylation sites (tertiary alicyclic amines) is 1. The second kappa shape index (κ2) is 7.73. The Kier molecular flexibility index (Phi) is 5.60. The third-order valence-electron chi connectivity index (χ3n) is 4.80. The summed E-state index contributed by atoms with van der Waals surface area (Å²) in [4.78, 5) is 14.5. The van der Waals surface area contributed by atoms with Gasteiger partial charge in [-0.05, 0) is 37.8 Å². The van der Waals surface area contributed by atoms with Gasteiger partial charge in [0.2, 0.25) is 15.9 Å². The average molecular weight is 382 g/mol. The second-order valence-electron chi connectivity index (χ2n) is 6.82. The van der Waals surface area contributed by atoms with E-state index in [0.717, 1.165) is 12.8 Å². The van der Waals surface area contributed by atoms with Gasteiger partial charge < -0.3 is 14.4 Å². The highest BCUT2D eigenvalue weighted by molar-refractivity contribution is 7.92. The molecule has 2 aliphatic heterocycles. The number of benzene rings is 1. The van der Waals surface area contributed by atoms with Gasteiger partial charge in [0.15, 0.2) is 11.5 Å². The first-order valence-electron chi connectivity index (χ1n) is 9.08. The minimum absolute atomic E-state index is 0.0782. The van der Waals surface area contributed by atoms with Crippen molar-refractivity contribution >= 4 is 21.6 Å². The summed E-state index contributed by atoms with van der Waals surface area (Å²) in [6.45, 7) is 5.75. The fourth-order valence-corrected chi connectivity index (χ4v) is 4.39. The molecule has 3 rings (SSSR count). The summed E-state index contributed by atoms with van der Waals surface area (Å²) in [6, 6.07) is 4.98. The molecular weight excluding hydrogens is 356 g/mol. The van der Waals surface area contributed by atoms with Crippen LogP contribution in [0.15, 0.2) is 18.2 Å². The zero-order valence-corrected chi connectivity index (χ0v) is 16.1. The molecule has 1 amide bonds. The molecule has 1 aromatic rings. The third-order valence-corrected chi connectivity index (χ3v) is 6.54. The Balaban J connectivity index is 1.85. The van der Waals surface area contributed by atoms with E-state index in [2.05, 4.69) is 6.92 Å². The summed E-state index contributed by atoms with van der Waals surface area (Å²) >= 11 is 0. The van der Waals surface area contributed by atoms with Crippen LogP contribution in [0.25, 0.3) is 0 Å². The van der Waals surface area contributed by atoms with Crippen molar-refractivity contribution in [3.05, 3.63) is 18.2 Å². The molecule has 2 heterocycles. The van der Waals surface area contributed by atoms with Crippen LogP contribution in [-0.4, -0.2) is 57.8 Å². The minimum Gasteiger partial charge on any atom is -0.486 e. The summed E-state index contributed by atoms with van der Waals surface area (Å²) in [5.41, 5.74) is 0.425. The van der Waals surface area contributed by atoms with Gasteiger partial charge in [-0.2, -0.15) is 0 Å². The monoisotopic (exact) mass is 382 g/mol. The summed E-state index contributed by atoms with van der Waals surface area (Å²) in [5.74, 6) is 1.29. The van der Waals surface area contributed by atoms with Crippen molar-refractivity contribution < 1.29 is 22.7 Å². The molecule has 7 nitrogen and oxygen atoms in total. The van der Waals surface area contributed by atoms with Crippen molar-refractivity contribution in [3.63, 3.8) is 0 Å². The van der Waals surface area contributed by atoms with E-state index in [1.54, 1.807) is 30.0 Å². The number of nitrogens with zero attached hydrogens (tertiary/aromatic N) is 2. The zero-order valence-electron chi connectivity index (χ0n) is 15.3. The molecule has 1 fully saturated rings. The number of rotatable bonds is 5. The molecule has 1 aromatic carbocycles. The van der Waals surface area contributed by atoms with E-state index in [-0.39, 0.29) is 18.2 Å². The number of carbonyl (C=O) groups excluding carboxylic acids is 1. The highest BCUT2D eigenvalue weighted by Gasteiger charge is 2.29. The van der Waals surface area contributed by atoms with Crippen LogP contribution in [0.2, 0.25) is 0 Å². The van der Waals surface area contributed by atoms with E-state index in [1.165, 1.54) is 4.31 Å². The smallest absolute Gasteiger partial charge is 0.243 e. The first-order chi connectivity index (χ1) is 12.4. The maximum absolute atomic E-state index is 12.7. The zero-order chi connectivity index (χ0) is 18.7. The largest absolute Gasteiger partial charge is 0.486 e. The Morgan fingerprint density at radius 2 is 2.00 bits per heavy atom. The maximum atomic E-state index is 12.7. The SMILES string of the molecule is CCS(=O)(=O)N(CC(=O)N1CCC[C@H](C)C1)c1ccc2c(c1)OCCO2. The van der Waals surface area contributed by atoms with Crippen molar-refractivity contribution in [1.29, 1.82) is 0 Å². The van der Waals surface area contributed by atoms with Gasteiger partial charge >= 0.3 is 0 Å². The Bertz CT molecular complexity index is 765. The van der Waals surface area contributed by atoms with E-state index in [9.17, 15) is 13.2 Å². The van der Waals surface area contributed by atoms with E-state index in [4.69, 9.17) is 9.47 Å². The molecule has 0 saturated carbocycles. The highest BCUT2D eigenvalue weighted by atomic mass is 32.2. The van der Waals surface area contributed by atoms with Crippen LogP contribution < -0.4 is 13.8 Å². The number of hydrogen-bond acceptors (Lipinski definition) is 5. The normalized spacial score (nSPS) is 19.9. The molecule has 0 spiro atoms. The lowest BCUT2D eigenvalue weighted by atomic mass is 10.0. The van der Waals surface area contributed by atoms with Crippen LogP contribution >= 0.6 is 0 Å². The molecule has 0 aromatic heterocycles. The first kappa shape index (κ1) is 18.8. The average Bonchev–Trinajstić information content (AvgIpc) is 2.65. The Morgan fingerprint density at radius 3 is 2.69 bits per heavy atom. The molecule has 0 N–H and O–H groups in total. The number of hydrogen-bond donors (Lipinski definition) is 0. The summed E-state index contributed by atoms with van der Waals surface area (Å²) in [5, 5.41) is 0. The van der Waals surface area contributed by atoms with Crippen LogP contribution in [0.5, 0.6) is 11.5 Å². The summed E-state index contributed by atoms with van der Waals surface area (Å²) < 4.78 is 37.5. The molecule has 0 aliphatic carbocycles. The maximum Gasteiger partial charge on any atom is 0.243 e. The lowest BCUT2D eigenvalue weighted by Gasteiger charge is -2.33. The van der Waals surface area contributed by atoms with Crippen molar-refractivity contribution in [2.75, 3.05) is 42.9 Å². The number of ether oxygens (including phenoxy) is 2. The van der Waals surface area contributed by atoms with Gasteiger partial charge in [0.25, 0.3) is 0 Å². The molecule has 26 heavy (non-hydrogen) atoms. The van der Waals surface area contributed by atoms with Crippen molar-refractivity contribution in [2.24, 2.45) is 5.92 Å². The number of carbonyl (C=O) groups is 1. The molecular formula is C18H26N2O5S. The van der Waals surface area contributed by atoms with Gasteiger partial charge in [0.1, 0.15) is 19.8 Å². The van der Waals surface area contributed by atoms with Gasteiger partial charge in [-0.15, -0.1) is 0 Å². The molecule has 1 atom stereocenters. The van der Waals surface area contributed by atoms with Crippen LogP contribution in [-0.2, 0) is 14.8 Å². The van der Waals surface area contributed by atoms with Crippen molar-refractivity contribution in [1.82, 2.24) is 4.90 Å². The molecule has 8 heteroatoms. The lowest BCUT2D eigenvalue weighted by molar-refractivity contribution is -0.131. The van der Waals surface area contributed by atoms with E-state index in [1.807, 2.05) is 0 Å². The van der Waals surface area contributed by atoms with E-state index in [0.29, 0.717) is 49.4 Å². The first-order valence-corrected chi connectivity index (χ1v) is 10.7. The predicted octanol–water partition coefficient (Wildman–Crippen LogP) is 1.87.